The number of allylic oxidation sites excluding steroid dienone is 2. The maximum absolute atomic E-state index is 12.1. The fraction of sp³-hybridized carbons (Fsp3) is 0.150. The average Bonchev–Trinajstić information content (AvgIpc) is 3.34. The summed E-state index contributed by atoms with van der Waals surface area (Å²) in [5.41, 5.74) is 3.90. The molecule has 0 radical (unpaired) electrons. The maximum Gasteiger partial charge on any atom is 0.284 e. The van der Waals surface area contributed by atoms with Crippen molar-refractivity contribution >= 4 is 46.1 Å². The number of carbonyl (C=O) groups is 2. The summed E-state index contributed by atoms with van der Waals surface area (Å²) in [7, 11) is 0. The molecule has 0 fully saturated rings. The zero-order valence-corrected chi connectivity index (χ0v) is 16.1. The third kappa shape index (κ3) is 3.81. The Hall–Kier alpha value is -2.57. The number of rotatable bonds is 6. The molecule has 4 nitrogen and oxygen atoms in total. The first-order valence-electron chi connectivity index (χ1n) is 8.22. The summed E-state index contributed by atoms with van der Waals surface area (Å²) in [4.78, 5) is 29.3. The molecule has 0 atom stereocenters. The Bertz CT molecular complexity index is 939. The summed E-state index contributed by atoms with van der Waals surface area (Å²) in [5, 5.41) is 5.04. The van der Waals surface area contributed by atoms with Crippen LogP contribution < -0.4 is 5.32 Å². The van der Waals surface area contributed by atoms with Gasteiger partial charge in [-0.3, -0.25) is 9.59 Å². The van der Waals surface area contributed by atoms with Gasteiger partial charge in [0.25, 0.3) is 5.91 Å². The van der Waals surface area contributed by atoms with Crippen molar-refractivity contribution in [1.29, 1.82) is 0 Å². The van der Waals surface area contributed by atoms with E-state index in [0.717, 1.165) is 33.6 Å². The van der Waals surface area contributed by atoms with Crippen molar-refractivity contribution in [3.8, 4) is 10.4 Å². The van der Waals surface area contributed by atoms with Gasteiger partial charge < -0.3 is 5.32 Å². The lowest BCUT2D eigenvalue weighted by Gasteiger charge is -2.04. The van der Waals surface area contributed by atoms with Crippen LogP contribution in [0.4, 0.5) is 5.69 Å². The van der Waals surface area contributed by atoms with Crippen molar-refractivity contribution in [3.63, 3.8) is 0 Å². The van der Waals surface area contributed by atoms with Crippen LogP contribution in [0.2, 0.25) is 0 Å². The SMILES string of the molecule is C/C=C(/CC)c1cc(-c2ccc(NC(=O)c3nccs3)cc2)sc1C=O. The van der Waals surface area contributed by atoms with Crippen LogP contribution in [0.25, 0.3) is 16.0 Å². The number of thiazole rings is 1. The van der Waals surface area contributed by atoms with Gasteiger partial charge in [-0.15, -0.1) is 22.7 Å². The minimum absolute atomic E-state index is 0.213. The van der Waals surface area contributed by atoms with Crippen LogP contribution >= 0.6 is 22.7 Å². The first-order valence-corrected chi connectivity index (χ1v) is 9.91. The van der Waals surface area contributed by atoms with E-state index < -0.39 is 0 Å². The van der Waals surface area contributed by atoms with Gasteiger partial charge in [-0.25, -0.2) is 4.98 Å². The number of thiophene rings is 1. The predicted molar refractivity (Wildman–Crippen MR) is 109 cm³/mol. The number of carbonyl (C=O) groups excluding carboxylic acids is 2. The quantitative estimate of drug-likeness (QED) is 0.552. The van der Waals surface area contributed by atoms with E-state index in [1.807, 2.05) is 31.2 Å². The third-order valence-electron chi connectivity index (χ3n) is 4.00. The van der Waals surface area contributed by atoms with E-state index in [9.17, 15) is 9.59 Å². The second-order valence-corrected chi connectivity index (χ2v) is 7.52. The number of nitrogens with one attached hydrogen (secondary N) is 1. The van der Waals surface area contributed by atoms with Gasteiger partial charge in [0, 0.05) is 22.1 Å². The van der Waals surface area contributed by atoms with Crippen molar-refractivity contribution in [2.75, 3.05) is 5.32 Å². The molecular formula is C20H18N2O2S2. The summed E-state index contributed by atoms with van der Waals surface area (Å²) in [5.74, 6) is -0.213. The number of aromatic nitrogens is 1. The second kappa shape index (κ2) is 8.21. The largest absolute Gasteiger partial charge is 0.320 e. The monoisotopic (exact) mass is 382 g/mol. The van der Waals surface area contributed by atoms with Gasteiger partial charge in [0.05, 0.1) is 4.88 Å². The first-order chi connectivity index (χ1) is 12.7. The molecule has 1 N–H and O–H groups in total. The molecule has 132 valence electrons. The first kappa shape index (κ1) is 18.2. The lowest BCUT2D eigenvalue weighted by molar-refractivity contribution is 0.102. The molecule has 0 bridgehead atoms. The van der Waals surface area contributed by atoms with Crippen molar-refractivity contribution in [3.05, 3.63) is 63.4 Å². The Morgan fingerprint density at radius 2 is 2.04 bits per heavy atom. The molecule has 0 spiro atoms. The van der Waals surface area contributed by atoms with E-state index in [-0.39, 0.29) is 5.91 Å². The summed E-state index contributed by atoms with van der Waals surface area (Å²) >= 11 is 2.79. The number of aldehydes is 1. The fourth-order valence-corrected chi connectivity index (χ4v) is 4.22. The van der Waals surface area contributed by atoms with Crippen LogP contribution in [-0.4, -0.2) is 17.2 Å². The lowest BCUT2D eigenvalue weighted by atomic mass is 10.0. The maximum atomic E-state index is 12.1. The molecule has 0 aliphatic heterocycles. The molecule has 2 aromatic heterocycles. The molecule has 26 heavy (non-hydrogen) atoms. The van der Waals surface area contributed by atoms with Gasteiger partial charge in [-0.2, -0.15) is 0 Å². The van der Waals surface area contributed by atoms with Crippen LogP contribution in [0.15, 0.2) is 48.0 Å². The molecule has 1 amide bonds. The van der Waals surface area contributed by atoms with Gasteiger partial charge in [-0.1, -0.05) is 25.1 Å². The number of anilines is 1. The molecule has 6 heteroatoms. The molecular weight excluding hydrogens is 364 g/mol. The van der Waals surface area contributed by atoms with E-state index in [0.29, 0.717) is 10.7 Å². The van der Waals surface area contributed by atoms with Crippen LogP contribution in [0, 0.1) is 0 Å². The highest BCUT2D eigenvalue weighted by Crippen LogP contribution is 2.35. The number of amides is 1. The Balaban J connectivity index is 1.82. The topological polar surface area (TPSA) is 59.1 Å². The molecule has 0 aliphatic carbocycles. The normalized spacial score (nSPS) is 11.4. The van der Waals surface area contributed by atoms with Gasteiger partial charge in [-0.05, 0) is 48.2 Å². The number of nitrogens with zero attached hydrogens (tertiary/aromatic N) is 1. The lowest BCUT2D eigenvalue weighted by Crippen LogP contribution is -2.11. The molecule has 1 aromatic carbocycles. The van der Waals surface area contributed by atoms with Crippen molar-refractivity contribution in [1.82, 2.24) is 4.98 Å². The molecule has 0 aliphatic rings. The van der Waals surface area contributed by atoms with Crippen LogP contribution in [-0.2, 0) is 0 Å². The Morgan fingerprint density at radius 3 is 2.62 bits per heavy atom. The number of hydrogen-bond acceptors (Lipinski definition) is 5. The van der Waals surface area contributed by atoms with E-state index in [2.05, 4.69) is 29.4 Å². The Labute approximate surface area is 160 Å². The second-order valence-electron chi connectivity index (χ2n) is 5.54. The fourth-order valence-electron chi connectivity index (χ4n) is 2.67. The summed E-state index contributed by atoms with van der Waals surface area (Å²) in [6.45, 7) is 4.08. The number of hydrogen-bond donors (Lipinski definition) is 1. The molecule has 3 rings (SSSR count). The smallest absolute Gasteiger partial charge is 0.284 e. The highest BCUT2D eigenvalue weighted by molar-refractivity contribution is 7.17. The molecule has 0 unspecified atom stereocenters. The van der Waals surface area contributed by atoms with Crippen molar-refractivity contribution in [2.45, 2.75) is 20.3 Å². The highest BCUT2D eigenvalue weighted by atomic mass is 32.1. The Morgan fingerprint density at radius 1 is 1.27 bits per heavy atom. The zero-order chi connectivity index (χ0) is 18.5. The minimum atomic E-state index is -0.213. The van der Waals surface area contributed by atoms with Gasteiger partial charge in [0.2, 0.25) is 0 Å². The van der Waals surface area contributed by atoms with Gasteiger partial charge in [0.1, 0.15) is 0 Å². The molecule has 2 heterocycles. The van der Waals surface area contributed by atoms with Crippen molar-refractivity contribution in [2.24, 2.45) is 0 Å². The third-order valence-corrected chi connectivity index (χ3v) is 5.88. The van der Waals surface area contributed by atoms with E-state index in [1.165, 1.54) is 28.2 Å². The van der Waals surface area contributed by atoms with Crippen LogP contribution in [0.1, 0.15) is 45.3 Å². The van der Waals surface area contributed by atoms with E-state index in [1.54, 1.807) is 11.6 Å². The summed E-state index contributed by atoms with van der Waals surface area (Å²) in [6, 6.07) is 9.68. The summed E-state index contributed by atoms with van der Waals surface area (Å²) < 4.78 is 0. The van der Waals surface area contributed by atoms with Gasteiger partial charge in [0.15, 0.2) is 11.3 Å². The average molecular weight is 383 g/mol. The molecule has 3 aromatic rings. The highest BCUT2D eigenvalue weighted by Gasteiger charge is 2.13. The predicted octanol–water partition coefficient (Wildman–Crippen LogP) is 5.75. The minimum Gasteiger partial charge on any atom is -0.320 e. The zero-order valence-electron chi connectivity index (χ0n) is 14.5. The van der Waals surface area contributed by atoms with Crippen molar-refractivity contribution < 1.29 is 9.59 Å². The van der Waals surface area contributed by atoms with Crippen LogP contribution in [0.3, 0.4) is 0 Å². The molecule has 0 saturated heterocycles. The standard InChI is InChI=1S/C20H18N2O2S2/c1-3-13(4-2)16-11-17(26-18(16)12-23)14-5-7-15(8-6-14)22-19(24)20-21-9-10-25-20/h3,5-12H,4H2,1-2H3,(H,22,24)/b13-3-. The van der Waals surface area contributed by atoms with E-state index >= 15 is 0 Å². The van der Waals surface area contributed by atoms with Gasteiger partial charge >= 0.3 is 0 Å². The summed E-state index contributed by atoms with van der Waals surface area (Å²) in [6.07, 6.45) is 5.47. The van der Waals surface area contributed by atoms with Crippen LogP contribution in [0.5, 0.6) is 0 Å². The van der Waals surface area contributed by atoms with E-state index in [4.69, 9.17) is 0 Å². The Kier molecular flexibility index (Phi) is 5.75. The number of benzene rings is 1. The molecule has 0 saturated carbocycles.